The third kappa shape index (κ3) is 5.58. The van der Waals surface area contributed by atoms with Crippen LogP contribution in [0.15, 0.2) is 24.3 Å². The highest BCUT2D eigenvalue weighted by atomic mass is 16.5. The van der Waals surface area contributed by atoms with Gasteiger partial charge in [0.15, 0.2) is 6.61 Å². The molecule has 2 rings (SSSR count). The first-order valence-electron chi connectivity index (χ1n) is 9.21. The molecule has 0 bridgehead atoms. The molecule has 0 aromatic heterocycles. The first-order valence-corrected chi connectivity index (χ1v) is 9.21. The molecule has 26 heavy (non-hydrogen) atoms. The summed E-state index contributed by atoms with van der Waals surface area (Å²) in [4.78, 5) is 36.7. The van der Waals surface area contributed by atoms with Crippen molar-refractivity contribution in [3.05, 3.63) is 35.4 Å². The standard InChI is InChI=1S/C20H28N2O4/c1-13(2)18(22-19(24)16-11-7-4-8-14(16)3)20(25)26-12-17(23)21-15-9-5-6-10-15/h4,7-8,11,13,15,18H,5-6,9-10,12H2,1-3H3,(H,21,23)(H,22,24)/t18-/m0/s1. The lowest BCUT2D eigenvalue weighted by Gasteiger charge is -2.21. The quantitative estimate of drug-likeness (QED) is 0.731. The summed E-state index contributed by atoms with van der Waals surface area (Å²) in [6.45, 7) is 5.16. The van der Waals surface area contributed by atoms with Crippen LogP contribution in [0.5, 0.6) is 0 Å². The number of carbonyl (C=O) groups excluding carboxylic acids is 3. The van der Waals surface area contributed by atoms with Crippen LogP contribution in [0.2, 0.25) is 0 Å². The molecule has 0 spiro atoms. The highest BCUT2D eigenvalue weighted by molar-refractivity contribution is 5.98. The maximum absolute atomic E-state index is 12.5. The largest absolute Gasteiger partial charge is 0.454 e. The van der Waals surface area contributed by atoms with Gasteiger partial charge in [0.2, 0.25) is 0 Å². The van der Waals surface area contributed by atoms with Gasteiger partial charge in [-0.1, -0.05) is 44.9 Å². The maximum atomic E-state index is 12.5. The zero-order valence-electron chi connectivity index (χ0n) is 15.7. The number of amides is 2. The van der Waals surface area contributed by atoms with Gasteiger partial charge in [0.25, 0.3) is 11.8 Å². The van der Waals surface area contributed by atoms with E-state index in [-0.39, 0.29) is 30.4 Å². The molecule has 0 radical (unpaired) electrons. The van der Waals surface area contributed by atoms with Crippen molar-refractivity contribution in [3.63, 3.8) is 0 Å². The van der Waals surface area contributed by atoms with Gasteiger partial charge in [-0.25, -0.2) is 4.79 Å². The molecule has 1 aromatic rings. The van der Waals surface area contributed by atoms with Gasteiger partial charge < -0.3 is 15.4 Å². The Hall–Kier alpha value is -2.37. The predicted molar refractivity (Wildman–Crippen MR) is 98.6 cm³/mol. The van der Waals surface area contributed by atoms with Crippen molar-refractivity contribution in [1.82, 2.24) is 10.6 Å². The molecule has 0 unspecified atom stereocenters. The van der Waals surface area contributed by atoms with Gasteiger partial charge in [0.05, 0.1) is 0 Å². The average Bonchev–Trinajstić information content (AvgIpc) is 3.10. The van der Waals surface area contributed by atoms with E-state index >= 15 is 0 Å². The molecule has 0 heterocycles. The highest BCUT2D eigenvalue weighted by Gasteiger charge is 2.27. The lowest BCUT2D eigenvalue weighted by molar-refractivity contribution is -0.151. The van der Waals surface area contributed by atoms with Gasteiger partial charge in [-0.15, -0.1) is 0 Å². The Morgan fingerprint density at radius 2 is 1.81 bits per heavy atom. The smallest absolute Gasteiger partial charge is 0.329 e. The van der Waals surface area contributed by atoms with Gasteiger partial charge in [-0.2, -0.15) is 0 Å². The molecule has 1 aromatic carbocycles. The molecule has 2 N–H and O–H groups in total. The molecular weight excluding hydrogens is 332 g/mol. The molecule has 6 nitrogen and oxygen atoms in total. The molecule has 1 aliphatic carbocycles. The van der Waals surface area contributed by atoms with Crippen molar-refractivity contribution < 1.29 is 19.1 Å². The number of hydrogen-bond donors (Lipinski definition) is 2. The Morgan fingerprint density at radius 3 is 2.42 bits per heavy atom. The summed E-state index contributed by atoms with van der Waals surface area (Å²) in [7, 11) is 0. The summed E-state index contributed by atoms with van der Waals surface area (Å²) >= 11 is 0. The number of aryl methyl sites for hydroxylation is 1. The Morgan fingerprint density at radius 1 is 1.15 bits per heavy atom. The molecule has 1 fully saturated rings. The Kier molecular flexibility index (Phi) is 7.18. The summed E-state index contributed by atoms with van der Waals surface area (Å²) in [6, 6.07) is 6.55. The second-order valence-corrected chi connectivity index (χ2v) is 7.17. The van der Waals surface area contributed by atoms with E-state index in [9.17, 15) is 14.4 Å². The van der Waals surface area contributed by atoms with Crippen LogP contribution in [0.1, 0.15) is 55.5 Å². The third-order valence-electron chi connectivity index (χ3n) is 4.66. The number of nitrogens with one attached hydrogen (secondary N) is 2. The van der Waals surface area contributed by atoms with Crippen LogP contribution < -0.4 is 10.6 Å². The van der Waals surface area contributed by atoms with Crippen LogP contribution in [0.25, 0.3) is 0 Å². The molecule has 0 saturated heterocycles. The zero-order chi connectivity index (χ0) is 19.1. The van der Waals surface area contributed by atoms with Crippen LogP contribution in [0, 0.1) is 12.8 Å². The van der Waals surface area contributed by atoms with Crippen molar-refractivity contribution in [3.8, 4) is 0 Å². The van der Waals surface area contributed by atoms with Gasteiger partial charge in [0, 0.05) is 11.6 Å². The van der Waals surface area contributed by atoms with Crippen LogP contribution in [-0.2, 0) is 14.3 Å². The summed E-state index contributed by atoms with van der Waals surface area (Å²) in [5.41, 5.74) is 1.35. The van der Waals surface area contributed by atoms with E-state index in [2.05, 4.69) is 10.6 Å². The minimum atomic E-state index is -0.804. The van der Waals surface area contributed by atoms with Gasteiger partial charge >= 0.3 is 5.97 Å². The van der Waals surface area contributed by atoms with Crippen molar-refractivity contribution in [2.45, 2.75) is 58.5 Å². The van der Waals surface area contributed by atoms with Gasteiger partial charge in [-0.05, 0) is 37.3 Å². The minimum Gasteiger partial charge on any atom is -0.454 e. The summed E-state index contributed by atoms with van der Waals surface area (Å²) in [5, 5.41) is 5.60. The van der Waals surface area contributed by atoms with Crippen LogP contribution in [-0.4, -0.2) is 36.5 Å². The fourth-order valence-corrected chi connectivity index (χ4v) is 3.11. The van der Waals surface area contributed by atoms with Crippen LogP contribution in [0.4, 0.5) is 0 Å². The molecule has 1 atom stereocenters. The maximum Gasteiger partial charge on any atom is 0.329 e. The minimum absolute atomic E-state index is 0.159. The molecule has 142 valence electrons. The molecule has 2 amide bonds. The Labute approximate surface area is 154 Å². The number of hydrogen-bond acceptors (Lipinski definition) is 4. The van der Waals surface area contributed by atoms with Gasteiger partial charge in [-0.3, -0.25) is 9.59 Å². The first-order chi connectivity index (χ1) is 12.4. The SMILES string of the molecule is Cc1ccccc1C(=O)N[C@H](C(=O)OCC(=O)NC1CCCC1)C(C)C. The molecule has 0 aliphatic heterocycles. The van der Waals surface area contributed by atoms with E-state index in [1.54, 1.807) is 12.1 Å². The third-order valence-corrected chi connectivity index (χ3v) is 4.66. The van der Waals surface area contributed by atoms with E-state index in [4.69, 9.17) is 4.74 Å². The molecule has 6 heteroatoms. The van der Waals surface area contributed by atoms with E-state index in [0.29, 0.717) is 5.56 Å². The normalized spacial score (nSPS) is 15.5. The van der Waals surface area contributed by atoms with Crippen molar-refractivity contribution in [1.29, 1.82) is 0 Å². The number of ether oxygens (including phenoxy) is 1. The Balaban J connectivity index is 1.89. The Bertz CT molecular complexity index is 651. The topological polar surface area (TPSA) is 84.5 Å². The fourth-order valence-electron chi connectivity index (χ4n) is 3.11. The number of esters is 1. The van der Waals surface area contributed by atoms with E-state index < -0.39 is 12.0 Å². The fraction of sp³-hybridized carbons (Fsp3) is 0.550. The molecule has 1 saturated carbocycles. The molecule has 1 aliphatic rings. The van der Waals surface area contributed by atoms with E-state index in [0.717, 1.165) is 31.2 Å². The van der Waals surface area contributed by atoms with Crippen molar-refractivity contribution >= 4 is 17.8 Å². The first kappa shape index (κ1) is 19.9. The number of benzene rings is 1. The summed E-state index contributed by atoms with van der Waals surface area (Å²) in [6.07, 6.45) is 4.18. The van der Waals surface area contributed by atoms with Crippen LogP contribution in [0.3, 0.4) is 0 Å². The predicted octanol–water partition coefficient (Wildman–Crippen LogP) is 2.35. The van der Waals surface area contributed by atoms with Crippen molar-refractivity contribution in [2.75, 3.05) is 6.61 Å². The van der Waals surface area contributed by atoms with Gasteiger partial charge in [0.1, 0.15) is 6.04 Å². The zero-order valence-corrected chi connectivity index (χ0v) is 15.7. The summed E-state index contributed by atoms with van der Waals surface area (Å²) in [5.74, 6) is -1.37. The van der Waals surface area contributed by atoms with E-state index in [1.807, 2.05) is 32.9 Å². The van der Waals surface area contributed by atoms with Crippen molar-refractivity contribution in [2.24, 2.45) is 5.92 Å². The monoisotopic (exact) mass is 360 g/mol. The summed E-state index contributed by atoms with van der Waals surface area (Å²) < 4.78 is 5.14. The van der Waals surface area contributed by atoms with E-state index in [1.165, 1.54) is 0 Å². The lowest BCUT2D eigenvalue weighted by Crippen LogP contribution is -2.46. The lowest BCUT2D eigenvalue weighted by atomic mass is 10.0. The number of carbonyl (C=O) groups is 3. The molecular formula is C20H28N2O4. The number of rotatable bonds is 7. The van der Waals surface area contributed by atoms with Crippen LogP contribution >= 0.6 is 0 Å². The highest BCUT2D eigenvalue weighted by Crippen LogP contribution is 2.17. The average molecular weight is 360 g/mol. The second-order valence-electron chi connectivity index (χ2n) is 7.17. The second kappa shape index (κ2) is 9.36.